The standard InChI is InChI=1S/C19H25N3O4S/c1-12(2)10-16(17(23)21-15(19(25)26)8-9-27-3)22-11-20-14-7-5-4-6-13(14)18(22)24/h4-7,11-12,15-16H,8-10H2,1-3H3,(H,21,23)(H,25,26)/t15-,16-/m0/s1. The van der Waals surface area contributed by atoms with Crippen LogP contribution in [-0.4, -0.2) is 44.6 Å². The second kappa shape index (κ2) is 9.55. The number of hydrogen-bond donors (Lipinski definition) is 2. The number of carbonyl (C=O) groups excluding carboxylic acids is 1. The number of fused-ring (bicyclic) bond motifs is 1. The maximum absolute atomic E-state index is 12.9. The first-order valence-corrected chi connectivity index (χ1v) is 10.2. The summed E-state index contributed by atoms with van der Waals surface area (Å²) in [5.74, 6) is -0.807. The monoisotopic (exact) mass is 391 g/mol. The summed E-state index contributed by atoms with van der Waals surface area (Å²) in [5, 5.41) is 12.4. The average molecular weight is 391 g/mol. The zero-order chi connectivity index (χ0) is 20.0. The summed E-state index contributed by atoms with van der Waals surface area (Å²) in [6.07, 6.45) is 3.97. The lowest BCUT2D eigenvalue weighted by atomic mass is 10.0. The maximum Gasteiger partial charge on any atom is 0.326 e. The summed E-state index contributed by atoms with van der Waals surface area (Å²) in [7, 11) is 0. The number of hydrogen-bond acceptors (Lipinski definition) is 5. The summed E-state index contributed by atoms with van der Waals surface area (Å²) in [4.78, 5) is 41.5. The van der Waals surface area contributed by atoms with Gasteiger partial charge >= 0.3 is 5.97 Å². The van der Waals surface area contributed by atoms with E-state index in [9.17, 15) is 19.5 Å². The molecule has 0 spiro atoms. The Kier molecular flexibility index (Phi) is 7.41. The minimum atomic E-state index is -1.08. The fraction of sp³-hybridized carbons (Fsp3) is 0.474. The largest absolute Gasteiger partial charge is 0.480 e. The number of para-hydroxylation sites is 1. The highest BCUT2D eigenvalue weighted by atomic mass is 32.2. The van der Waals surface area contributed by atoms with Gasteiger partial charge in [-0.05, 0) is 42.9 Å². The van der Waals surface area contributed by atoms with Crippen molar-refractivity contribution in [3.05, 3.63) is 40.9 Å². The third kappa shape index (κ3) is 5.32. The van der Waals surface area contributed by atoms with Crippen LogP contribution in [0.15, 0.2) is 35.4 Å². The molecule has 1 aromatic heterocycles. The Morgan fingerprint density at radius 2 is 2.00 bits per heavy atom. The van der Waals surface area contributed by atoms with Crippen molar-refractivity contribution >= 4 is 34.5 Å². The number of rotatable bonds is 9. The summed E-state index contributed by atoms with van der Waals surface area (Å²) >= 11 is 1.51. The molecule has 146 valence electrons. The third-order valence-electron chi connectivity index (χ3n) is 4.25. The number of carboxylic acid groups (broad SMARTS) is 1. The first-order chi connectivity index (χ1) is 12.8. The van der Waals surface area contributed by atoms with Gasteiger partial charge in [-0.1, -0.05) is 26.0 Å². The van der Waals surface area contributed by atoms with Crippen LogP contribution in [0.1, 0.15) is 32.7 Å². The van der Waals surface area contributed by atoms with Gasteiger partial charge in [-0.15, -0.1) is 0 Å². The van der Waals surface area contributed by atoms with E-state index in [1.54, 1.807) is 24.3 Å². The van der Waals surface area contributed by atoms with Crippen LogP contribution in [0.2, 0.25) is 0 Å². The van der Waals surface area contributed by atoms with Gasteiger partial charge in [0.2, 0.25) is 5.91 Å². The van der Waals surface area contributed by atoms with Gasteiger partial charge in [-0.25, -0.2) is 9.78 Å². The molecule has 7 nitrogen and oxygen atoms in total. The SMILES string of the molecule is CSCC[C@H](NC(=O)[C@H](CC(C)C)n1cnc2ccccc2c1=O)C(=O)O. The lowest BCUT2D eigenvalue weighted by Crippen LogP contribution is -2.46. The minimum absolute atomic E-state index is 0.133. The van der Waals surface area contributed by atoms with Crippen LogP contribution in [0.3, 0.4) is 0 Å². The number of thioether (sulfide) groups is 1. The Bertz CT molecular complexity index is 865. The van der Waals surface area contributed by atoms with Crippen LogP contribution in [0, 0.1) is 5.92 Å². The molecule has 0 saturated heterocycles. The lowest BCUT2D eigenvalue weighted by molar-refractivity contribution is -0.142. The Balaban J connectivity index is 2.37. The van der Waals surface area contributed by atoms with Crippen LogP contribution in [0.4, 0.5) is 0 Å². The van der Waals surface area contributed by atoms with Gasteiger partial charge in [0.1, 0.15) is 12.1 Å². The number of carbonyl (C=O) groups is 2. The van der Waals surface area contributed by atoms with Crippen molar-refractivity contribution < 1.29 is 14.7 Å². The van der Waals surface area contributed by atoms with Crippen molar-refractivity contribution in [1.82, 2.24) is 14.9 Å². The Morgan fingerprint density at radius 1 is 1.30 bits per heavy atom. The zero-order valence-electron chi connectivity index (χ0n) is 15.7. The van der Waals surface area contributed by atoms with Crippen molar-refractivity contribution in [2.45, 2.75) is 38.8 Å². The number of carboxylic acids is 1. The van der Waals surface area contributed by atoms with E-state index in [4.69, 9.17) is 0 Å². The van der Waals surface area contributed by atoms with Crippen LogP contribution in [-0.2, 0) is 9.59 Å². The number of nitrogens with one attached hydrogen (secondary N) is 1. The number of aliphatic carboxylic acids is 1. The normalized spacial score (nSPS) is 13.5. The highest BCUT2D eigenvalue weighted by Gasteiger charge is 2.28. The quantitative estimate of drug-likeness (QED) is 0.680. The summed E-state index contributed by atoms with van der Waals surface area (Å²) < 4.78 is 1.31. The summed E-state index contributed by atoms with van der Waals surface area (Å²) in [6.45, 7) is 3.89. The van der Waals surface area contributed by atoms with E-state index in [0.29, 0.717) is 29.5 Å². The molecule has 0 aliphatic heterocycles. The van der Waals surface area contributed by atoms with Gasteiger partial charge in [0.25, 0.3) is 5.56 Å². The van der Waals surface area contributed by atoms with E-state index in [1.807, 2.05) is 20.1 Å². The molecule has 2 aromatic rings. The number of nitrogens with zero attached hydrogens (tertiary/aromatic N) is 2. The number of aromatic nitrogens is 2. The number of benzene rings is 1. The molecule has 1 amide bonds. The molecule has 1 aromatic carbocycles. The number of amides is 1. The van der Waals surface area contributed by atoms with Gasteiger partial charge in [0.15, 0.2) is 0 Å². The molecule has 2 rings (SSSR count). The van der Waals surface area contributed by atoms with E-state index >= 15 is 0 Å². The van der Waals surface area contributed by atoms with E-state index in [2.05, 4.69) is 10.3 Å². The molecule has 0 aliphatic carbocycles. The van der Waals surface area contributed by atoms with Gasteiger partial charge in [-0.2, -0.15) is 11.8 Å². The first-order valence-electron chi connectivity index (χ1n) is 8.83. The second-order valence-electron chi connectivity index (χ2n) is 6.80. The van der Waals surface area contributed by atoms with Gasteiger partial charge in [-0.3, -0.25) is 14.2 Å². The molecule has 0 saturated carbocycles. The first kappa shape index (κ1) is 21.0. The maximum atomic E-state index is 12.9. The molecule has 0 unspecified atom stereocenters. The Labute approximate surface area is 162 Å². The highest BCUT2D eigenvalue weighted by Crippen LogP contribution is 2.18. The van der Waals surface area contributed by atoms with Crippen molar-refractivity contribution in [3.8, 4) is 0 Å². The van der Waals surface area contributed by atoms with Crippen molar-refractivity contribution in [3.63, 3.8) is 0 Å². The predicted molar refractivity (Wildman–Crippen MR) is 107 cm³/mol. The van der Waals surface area contributed by atoms with Crippen molar-refractivity contribution in [2.24, 2.45) is 5.92 Å². The molecule has 8 heteroatoms. The molecule has 0 fully saturated rings. The lowest BCUT2D eigenvalue weighted by Gasteiger charge is -2.23. The Hall–Kier alpha value is -2.35. The minimum Gasteiger partial charge on any atom is -0.480 e. The van der Waals surface area contributed by atoms with Gasteiger partial charge in [0.05, 0.1) is 17.2 Å². The second-order valence-corrected chi connectivity index (χ2v) is 7.79. The molecular formula is C19H25N3O4S. The van der Waals surface area contributed by atoms with E-state index in [-0.39, 0.29) is 11.5 Å². The van der Waals surface area contributed by atoms with Crippen LogP contribution < -0.4 is 10.9 Å². The van der Waals surface area contributed by atoms with E-state index < -0.39 is 24.0 Å². The zero-order valence-corrected chi connectivity index (χ0v) is 16.5. The molecule has 2 N–H and O–H groups in total. The third-order valence-corrected chi connectivity index (χ3v) is 4.89. The van der Waals surface area contributed by atoms with Crippen molar-refractivity contribution in [1.29, 1.82) is 0 Å². The van der Waals surface area contributed by atoms with E-state index in [0.717, 1.165) is 0 Å². The molecule has 27 heavy (non-hydrogen) atoms. The van der Waals surface area contributed by atoms with Gasteiger partial charge in [0, 0.05) is 0 Å². The summed E-state index contributed by atoms with van der Waals surface area (Å²) in [5.41, 5.74) is 0.253. The molecule has 0 radical (unpaired) electrons. The summed E-state index contributed by atoms with van der Waals surface area (Å²) in [6, 6.07) is 5.15. The molecule has 0 aliphatic rings. The molecule has 0 bridgehead atoms. The average Bonchev–Trinajstić information content (AvgIpc) is 2.63. The molecule has 2 atom stereocenters. The fourth-order valence-corrected chi connectivity index (χ4v) is 3.33. The van der Waals surface area contributed by atoms with Gasteiger partial charge < -0.3 is 10.4 Å². The highest BCUT2D eigenvalue weighted by molar-refractivity contribution is 7.98. The molecular weight excluding hydrogens is 366 g/mol. The van der Waals surface area contributed by atoms with Crippen LogP contribution >= 0.6 is 11.8 Å². The van der Waals surface area contributed by atoms with E-state index in [1.165, 1.54) is 22.7 Å². The van der Waals surface area contributed by atoms with Crippen molar-refractivity contribution in [2.75, 3.05) is 12.0 Å². The molecule has 1 heterocycles. The van der Waals surface area contributed by atoms with Crippen LogP contribution in [0.5, 0.6) is 0 Å². The topological polar surface area (TPSA) is 101 Å². The predicted octanol–water partition coefficient (Wildman–Crippen LogP) is 2.31. The van der Waals surface area contributed by atoms with Crippen LogP contribution in [0.25, 0.3) is 10.9 Å². The smallest absolute Gasteiger partial charge is 0.326 e. The Morgan fingerprint density at radius 3 is 2.63 bits per heavy atom. The fourth-order valence-electron chi connectivity index (χ4n) is 2.86.